The summed E-state index contributed by atoms with van der Waals surface area (Å²) in [6.07, 6.45) is 1.24. The summed E-state index contributed by atoms with van der Waals surface area (Å²) in [5, 5.41) is 0. The number of carbonyl (C=O) groups excluding carboxylic acids is 1. The summed E-state index contributed by atoms with van der Waals surface area (Å²) in [5.41, 5.74) is -0.567. The van der Waals surface area contributed by atoms with Gasteiger partial charge in [0, 0.05) is 20.1 Å². The minimum atomic E-state index is -0.567. The highest BCUT2D eigenvalue weighted by molar-refractivity contribution is 9.10. The van der Waals surface area contributed by atoms with E-state index in [-0.39, 0.29) is 30.6 Å². The third-order valence-corrected chi connectivity index (χ3v) is 3.46. The Labute approximate surface area is 115 Å². The average Bonchev–Trinajstić information content (AvgIpc) is 2.35. The van der Waals surface area contributed by atoms with E-state index in [4.69, 9.17) is 0 Å². The number of carbonyl (C=O) groups is 1. The predicted octanol–water partition coefficient (Wildman–Crippen LogP) is 0.665. The molecule has 0 N–H and O–H groups in total. The third kappa shape index (κ3) is 2.51. The molecular weight excluding hydrogens is 327 g/mol. The van der Waals surface area contributed by atoms with E-state index in [0.717, 1.165) is 3.97 Å². The second-order valence-corrected chi connectivity index (χ2v) is 5.17. The minimum Gasteiger partial charge on any atom is -0.342 e. The van der Waals surface area contributed by atoms with Gasteiger partial charge in [-0.15, -0.1) is 3.89 Å². The summed E-state index contributed by atoms with van der Waals surface area (Å²) in [5.74, 6) is -0.0159. The van der Waals surface area contributed by atoms with Gasteiger partial charge in [0.25, 0.3) is 0 Å². The van der Waals surface area contributed by atoms with Gasteiger partial charge in [0.15, 0.2) is 18.2 Å². The number of rotatable bonds is 2. The van der Waals surface area contributed by atoms with Gasteiger partial charge >= 0.3 is 5.56 Å². The summed E-state index contributed by atoms with van der Waals surface area (Å²) in [4.78, 5) is 30.6. The Bertz CT molecular complexity index is 538. The van der Waals surface area contributed by atoms with Gasteiger partial charge in [0.05, 0.1) is 12.7 Å². The monoisotopic (exact) mass is 336 g/mol. The highest BCUT2D eigenvalue weighted by atomic mass is 79.9. The van der Waals surface area contributed by atoms with Crippen molar-refractivity contribution in [3.63, 3.8) is 0 Å². The first-order valence-electron chi connectivity index (χ1n) is 5.10. The highest BCUT2D eigenvalue weighted by Crippen LogP contribution is 2.16. The first kappa shape index (κ1) is 13.3. The van der Waals surface area contributed by atoms with Crippen molar-refractivity contribution >= 4 is 40.0 Å². The fourth-order valence-corrected chi connectivity index (χ4v) is 2.42. The second kappa shape index (κ2) is 5.27. The molecule has 0 aromatic carbocycles. The van der Waals surface area contributed by atoms with Crippen molar-refractivity contribution in [2.24, 2.45) is 0 Å². The lowest BCUT2D eigenvalue weighted by Gasteiger charge is -2.32. The van der Waals surface area contributed by atoms with Gasteiger partial charge in [0.1, 0.15) is 4.60 Å². The maximum atomic E-state index is 12.6. The molecular formula is C9H10BrFN4O2S. The van der Waals surface area contributed by atoms with Crippen molar-refractivity contribution in [3.8, 4) is 0 Å². The number of likely N-dealkylation sites (N-methyl/N-ethyl adjacent to an activating group) is 1. The molecule has 9 heteroatoms. The van der Waals surface area contributed by atoms with Gasteiger partial charge in [-0.2, -0.15) is 0 Å². The summed E-state index contributed by atoms with van der Waals surface area (Å²) in [6, 6.07) is 0. The van der Waals surface area contributed by atoms with Gasteiger partial charge in [-0.25, -0.2) is 8.96 Å². The van der Waals surface area contributed by atoms with Crippen LogP contribution in [0, 0.1) is 0 Å². The fraction of sp³-hybridized carbons (Fsp3) is 0.444. The molecule has 1 aliphatic heterocycles. The Morgan fingerprint density at radius 2 is 2.17 bits per heavy atom. The third-order valence-electron chi connectivity index (χ3n) is 2.66. The number of hydrogen-bond donors (Lipinski definition) is 0. The maximum Gasteiger partial charge on any atom is 0.305 e. The zero-order valence-electron chi connectivity index (χ0n) is 9.47. The molecule has 0 saturated carbocycles. The van der Waals surface area contributed by atoms with Crippen molar-refractivity contribution < 1.29 is 8.68 Å². The molecule has 6 nitrogen and oxygen atoms in total. The van der Waals surface area contributed by atoms with Crippen LogP contribution in [0.4, 0.5) is 9.70 Å². The highest BCUT2D eigenvalue weighted by Gasteiger charge is 2.25. The zero-order chi connectivity index (χ0) is 13.3. The predicted molar refractivity (Wildman–Crippen MR) is 70.1 cm³/mol. The normalized spacial score (nSPS) is 16.3. The van der Waals surface area contributed by atoms with Crippen molar-refractivity contribution in [1.82, 2.24) is 13.9 Å². The smallest absolute Gasteiger partial charge is 0.305 e. The molecule has 1 aromatic rings. The molecule has 1 aromatic heterocycles. The van der Waals surface area contributed by atoms with Gasteiger partial charge in [0.2, 0.25) is 5.91 Å². The molecule has 0 spiro atoms. The molecule has 0 bridgehead atoms. The first-order chi connectivity index (χ1) is 8.52. The zero-order valence-corrected chi connectivity index (χ0v) is 11.9. The fourth-order valence-electron chi connectivity index (χ4n) is 1.63. The van der Waals surface area contributed by atoms with Crippen LogP contribution in [0.25, 0.3) is 0 Å². The van der Waals surface area contributed by atoms with Crippen LogP contribution in [0.2, 0.25) is 0 Å². The van der Waals surface area contributed by atoms with Crippen LogP contribution in [0.1, 0.15) is 0 Å². The van der Waals surface area contributed by atoms with Crippen LogP contribution in [0.5, 0.6) is 0 Å². The van der Waals surface area contributed by atoms with Crippen LogP contribution in [0.15, 0.2) is 15.6 Å². The van der Waals surface area contributed by atoms with Crippen LogP contribution in [0.3, 0.4) is 0 Å². The van der Waals surface area contributed by atoms with E-state index in [1.54, 1.807) is 16.8 Å². The SMILES string of the molecule is CN1CCN(c2nc(Br)cn(SF)c2=O)CC1=O. The molecule has 0 unspecified atom stereocenters. The molecule has 98 valence electrons. The first-order valence-corrected chi connectivity index (χ1v) is 6.57. The number of amides is 1. The molecule has 18 heavy (non-hydrogen) atoms. The van der Waals surface area contributed by atoms with Crippen molar-refractivity contribution in [1.29, 1.82) is 0 Å². The van der Waals surface area contributed by atoms with E-state index >= 15 is 0 Å². The van der Waals surface area contributed by atoms with Gasteiger partial charge < -0.3 is 9.80 Å². The van der Waals surface area contributed by atoms with Crippen LogP contribution >= 0.6 is 28.3 Å². The van der Waals surface area contributed by atoms with E-state index in [1.807, 2.05) is 0 Å². The molecule has 2 heterocycles. The molecule has 1 saturated heterocycles. The quantitative estimate of drug-likeness (QED) is 0.794. The number of halogens is 2. The molecule has 0 atom stereocenters. The Morgan fingerprint density at radius 3 is 2.78 bits per heavy atom. The minimum absolute atomic E-state index is 0.0755. The van der Waals surface area contributed by atoms with E-state index < -0.39 is 5.56 Å². The topological polar surface area (TPSA) is 58.4 Å². The molecule has 1 aliphatic rings. The molecule has 0 aliphatic carbocycles. The van der Waals surface area contributed by atoms with Gasteiger partial charge in [-0.05, 0) is 15.9 Å². The van der Waals surface area contributed by atoms with Gasteiger partial charge in [-0.3, -0.25) is 9.59 Å². The maximum absolute atomic E-state index is 12.6. The van der Waals surface area contributed by atoms with Gasteiger partial charge in [-0.1, -0.05) is 0 Å². The van der Waals surface area contributed by atoms with Crippen LogP contribution in [-0.2, 0) is 4.79 Å². The van der Waals surface area contributed by atoms with Crippen molar-refractivity contribution in [3.05, 3.63) is 21.2 Å². The number of anilines is 1. The van der Waals surface area contributed by atoms with Crippen molar-refractivity contribution in [2.75, 3.05) is 31.6 Å². The second-order valence-electron chi connectivity index (χ2n) is 3.82. The lowest BCUT2D eigenvalue weighted by Crippen LogP contribution is -2.50. The Balaban J connectivity index is 2.37. The number of nitrogens with zero attached hydrogens (tertiary/aromatic N) is 4. The molecule has 1 fully saturated rings. The number of piperazine rings is 1. The standard InChI is InChI=1S/C9H10BrFN4O2S/c1-13-2-3-14(5-7(13)16)8-9(17)15(18-11)4-6(10)12-8/h4H,2-3,5H2,1H3. The lowest BCUT2D eigenvalue weighted by molar-refractivity contribution is -0.129. The number of hydrogen-bond acceptors (Lipinski definition) is 5. The van der Waals surface area contributed by atoms with Crippen LogP contribution < -0.4 is 10.5 Å². The lowest BCUT2D eigenvalue weighted by atomic mass is 10.3. The summed E-state index contributed by atoms with van der Waals surface area (Å²) >= 11 is 2.91. The number of aromatic nitrogens is 2. The van der Waals surface area contributed by atoms with E-state index in [2.05, 4.69) is 20.9 Å². The summed E-state index contributed by atoms with van der Waals surface area (Å²) in [6.45, 7) is 1.08. The van der Waals surface area contributed by atoms with E-state index in [0.29, 0.717) is 17.7 Å². The Kier molecular flexibility index (Phi) is 3.91. The largest absolute Gasteiger partial charge is 0.342 e. The van der Waals surface area contributed by atoms with E-state index in [9.17, 15) is 13.5 Å². The summed E-state index contributed by atoms with van der Waals surface area (Å²) < 4.78 is 13.8. The molecule has 1 amide bonds. The van der Waals surface area contributed by atoms with E-state index in [1.165, 1.54) is 6.20 Å². The molecule has 2 rings (SSSR count). The Morgan fingerprint density at radius 1 is 1.44 bits per heavy atom. The van der Waals surface area contributed by atoms with Crippen LogP contribution in [-0.4, -0.2) is 46.4 Å². The summed E-state index contributed by atoms with van der Waals surface area (Å²) in [7, 11) is 1.70. The Hall–Kier alpha value is -1.09. The van der Waals surface area contributed by atoms with Crippen molar-refractivity contribution in [2.45, 2.75) is 0 Å². The molecule has 0 radical (unpaired) electrons. The average molecular weight is 337 g/mol.